The zero-order valence-electron chi connectivity index (χ0n) is 16.1. The highest BCUT2D eigenvalue weighted by atomic mass is 16.5. The third-order valence-electron chi connectivity index (χ3n) is 6.05. The van der Waals surface area contributed by atoms with Crippen LogP contribution >= 0.6 is 0 Å². The largest absolute Gasteiger partial charge is 0.375 e. The summed E-state index contributed by atoms with van der Waals surface area (Å²) in [4.78, 5) is 14.2. The summed E-state index contributed by atoms with van der Waals surface area (Å²) in [5.41, 5.74) is 3.54. The van der Waals surface area contributed by atoms with Crippen LogP contribution in [-0.4, -0.2) is 60.0 Å². The molecule has 3 saturated heterocycles. The standard InChI is InChI=1S/C21H28N4O2/c1-24-20(11-19(23-24)15-6-4-3-5-7-15)18-13-25-9-8-16(18)10-17(25)12-22-21(26)14-27-2/h3-7,11,16-18H,8-10,12-14H2,1-2H3,(H,22,26)/t16-,17+,18-/m0/s1. The smallest absolute Gasteiger partial charge is 0.246 e. The van der Waals surface area contributed by atoms with E-state index in [4.69, 9.17) is 9.84 Å². The first-order valence-corrected chi connectivity index (χ1v) is 9.74. The Morgan fingerprint density at radius 3 is 2.85 bits per heavy atom. The Morgan fingerprint density at radius 1 is 1.33 bits per heavy atom. The number of piperidine rings is 3. The van der Waals surface area contributed by atoms with Crippen LogP contribution in [0.4, 0.5) is 0 Å². The lowest BCUT2D eigenvalue weighted by atomic mass is 9.74. The number of carbonyl (C=O) groups excluding carboxylic acids is 1. The predicted octanol–water partition coefficient (Wildman–Crippen LogP) is 2.03. The average molecular weight is 368 g/mol. The maximum Gasteiger partial charge on any atom is 0.246 e. The molecule has 2 bridgehead atoms. The molecule has 6 heteroatoms. The van der Waals surface area contributed by atoms with Crippen LogP contribution in [0.25, 0.3) is 11.3 Å². The second-order valence-corrected chi connectivity index (χ2v) is 7.72. The van der Waals surface area contributed by atoms with Gasteiger partial charge in [0, 0.05) is 50.5 Å². The van der Waals surface area contributed by atoms with Gasteiger partial charge in [-0.1, -0.05) is 30.3 Å². The highest BCUT2D eigenvalue weighted by molar-refractivity contribution is 5.77. The van der Waals surface area contributed by atoms with Crippen molar-refractivity contribution in [2.45, 2.75) is 24.8 Å². The fraction of sp³-hybridized carbons (Fsp3) is 0.524. The van der Waals surface area contributed by atoms with Gasteiger partial charge in [-0.25, -0.2) is 0 Å². The van der Waals surface area contributed by atoms with Crippen LogP contribution in [0, 0.1) is 5.92 Å². The lowest BCUT2D eigenvalue weighted by Crippen LogP contribution is -2.56. The number of aromatic nitrogens is 2. The van der Waals surface area contributed by atoms with Crippen LogP contribution < -0.4 is 5.32 Å². The molecule has 1 N–H and O–H groups in total. The van der Waals surface area contributed by atoms with Gasteiger partial charge in [0.15, 0.2) is 0 Å². The van der Waals surface area contributed by atoms with E-state index in [-0.39, 0.29) is 12.5 Å². The third-order valence-corrected chi connectivity index (χ3v) is 6.05. The normalized spacial score (nSPS) is 26.9. The number of aryl methyl sites for hydroxylation is 1. The molecule has 4 heterocycles. The molecule has 27 heavy (non-hydrogen) atoms. The molecule has 0 saturated carbocycles. The van der Waals surface area contributed by atoms with Gasteiger partial charge in [0.05, 0.1) is 5.69 Å². The zero-order valence-corrected chi connectivity index (χ0v) is 16.1. The Kier molecular flexibility index (Phi) is 5.27. The van der Waals surface area contributed by atoms with Gasteiger partial charge in [0.1, 0.15) is 6.61 Å². The number of carbonyl (C=O) groups is 1. The minimum absolute atomic E-state index is 0.0316. The van der Waals surface area contributed by atoms with Crippen molar-refractivity contribution in [3.63, 3.8) is 0 Å². The first kappa shape index (κ1) is 18.2. The number of methoxy groups -OCH3 is 1. The molecular formula is C21H28N4O2. The summed E-state index contributed by atoms with van der Waals surface area (Å²) in [7, 11) is 3.61. The first-order chi connectivity index (χ1) is 13.2. The van der Waals surface area contributed by atoms with E-state index in [9.17, 15) is 4.79 Å². The second kappa shape index (κ2) is 7.82. The van der Waals surface area contributed by atoms with Crippen molar-refractivity contribution in [1.82, 2.24) is 20.0 Å². The molecule has 1 amide bonds. The van der Waals surface area contributed by atoms with Crippen molar-refractivity contribution in [2.75, 3.05) is 33.4 Å². The number of fused-ring (bicyclic) bond motifs is 3. The Labute approximate surface area is 160 Å². The maximum absolute atomic E-state index is 11.7. The molecule has 1 aromatic carbocycles. The van der Waals surface area contributed by atoms with E-state index in [2.05, 4.69) is 52.3 Å². The van der Waals surface area contributed by atoms with Crippen molar-refractivity contribution in [3.05, 3.63) is 42.1 Å². The predicted molar refractivity (Wildman–Crippen MR) is 104 cm³/mol. The third kappa shape index (κ3) is 3.77. The first-order valence-electron chi connectivity index (χ1n) is 9.74. The minimum Gasteiger partial charge on any atom is -0.375 e. The number of hydrogen-bond acceptors (Lipinski definition) is 4. The molecule has 1 aromatic heterocycles. The zero-order chi connectivity index (χ0) is 18.8. The number of ether oxygens (including phenoxy) is 1. The fourth-order valence-corrected chi connectivity index (χ4v) is 4.68. The Balaban J connectivity index is 1.45. The minimum atomic E-state index is -0.0316. The van der Waals surface area contributed by atoms with E-state index in [0.717, 1.165) is 25.2 Å². The number of hydrogen-bond donors (Lipinski definition) is 1. The molecule has 3 fully saturated rings. The van der Waals surface area contributed by atoms with Crippen LogP contribution in [0.2, 0.25) is 0 Å². The van der Waals surface area contributed by atoms with Crippen molar-refractivity contribution in [3.8, 4) is 11.3 Å². The summed E-state index contributed by atoms with van der Waals surface area (Å²) >= 11 is 0. The molecule has 6 nitrogen and oxygen atoms in total. The summed E-state index contributed by atoms with van der Waals surface area (Å²) in [5, 5.41) is 7.77. The van der Waals surface area contributed by atoms with Gasteiger partial charge in [0.2, 0.25) is 5.91 Å². The Hall–Kier alpha value is -2.18. The molecule has 4 atom stereocenters. The molecule has 0 aliphatic carbocycles. The number of amides is 1. The number of nitrogens with one attached hydrogen (secondary N) is 1. The van der Waals surface area contributed by atoms with E-state index in [1.165, 1.54) is 17.7 Å². The molecule has 3 aliphatic heterocycles. The SMILES string of the molecule is COCC(=O)NC[C@H]1C[C@@H]2CCN1C[C@@H]2c1cc(-c2ccccc2)nn1C. The number of rotatable bonds is 6. The summed E-state index contributed by atoms with van der Waals surface area (Å²) in [5.74, 6) is 1.13. The summed E-state index contributed by atoms with van der Waals surface area (Å²) in [6.45, 7) is 3.01. The quantitative estimate of drug-likeness (QED) is 0.848. The van der Waals surface area contributed by atoms with Gasteiger partial charge in [0.25, 0.3) is 0 Å². The molecule has 5 rings (SSSR count). The average Bonchev–Trinajstić information content (AvgIpc) is 3.09. The summed E-state index contributed by atoms with van der Waals surface area (Å²) in [6, 6.07) is 13.1. The Morgan fingerprint density at radius 2 is 2.15 bits per heavy atom. The lowest BCUT2D eigenvalue weighted by Gasteiger charge is -2.50. The Bertz CT molecular complexity index is 789. The van der Waals surface area contributed by atoms with Gasteiger partial charge in [-0.05, 0) is 31.4 Å². The van der Waals surface area contributed by atoms with Gasteiger partial charge in [-0.15, -0.1) is 0 Å². The van der Waals surface area contributed by atoms with Crippen LogP contribution in [0.1, 0.15) is 24.5 Å². The monoisotopic (exact) mass is 368 g/mol. The molecule has 1 unspecified atom stereocenters. The topological polar surface area (TPSA) is 59.4 Å². The van der Waals surface area contributed by atoms with E-state index >= 15 is 0 Å². The summed E-state index contributed by atoms with van der Waals surface area (Å²) < 4.78 is 6.96. The number of nitrogens with zero attached hydrogens (tertiary/aromatic N) is 3. The molecule has 0 radical (unpaired) electrons. The molecule has 144 valence electrons. The number of benzene rings is 1. The summed E-state index contributed by atoms with van der Waals surface area (Å²) in [6.07, 6.45) is 2.35. The van der Waals surface area contributed by atoms with E-state index in [1.807, 2.05) is 6.07 Å². The van der Waals surface area contributed by atoms with Crippen LogP contribution in [-0.2, 0) is 16.6 Å². The lowest BCUT2D eigenvalue weighted by molar-refractivity contribution is -0.125. The van der Waals surface area contributed by atoms with E-state index < -0.39 is 0 Å². The van der Waals surface area contributed by atoms with Crippen LogP contribution in [0.5, 0.6) is 0 Å². The van der Waals surface area contributed by atoms with Gasteiger partial charge >= 0.3 is 0 Å². The van der Waals surface area contributed by atoms with Crippen molar-refractivity contribution in [1.29, 1.82) is 0 Å². The highest BCUT2D eigenvalue weighted by Gasteiger charge is 2.41. The van der Waals surface area contributed by atoms with E-state index in [1.54, 1.807) is 7.11 Å². The van der Waals surface area contributed by atoms with Gasteiger partial charge < -0.3 is 10.1 Å². The van der Waals surface area contributed by atoms with Gasteiger partial charge in [-0.2, -0.15) is 5.10 Å². The van der Waals surface area contributed by atoms with Crippen molar-refractivity contribution >= 4 is 5.91 Å². The van der Waals surface area contributed by atoms with Gasteiger partial charge in [-0.3, -0.25) is 14.4 Å². The van der Waals surface area contributed by atoms with Crippen LogP contribution in [0.3, 0.4) is 0 Å². The molecule has 3 aliphatic rings. The highest BCUT2D eigenvalue weighted by Crippen LogP contribution is 2.42. The fourth-order valence-electron chi connectivity index (χ4n) is 4.68. The van der Waals surface area contributed by atoms with E-state index in [0.29, 0.717) is 24.4 Å². The van der Waals surface area contributed by atoms with Crippen molar-refractivity contribution in [2.24, 2.45) is 13.0 Å². The molecule has 2 aromatic rings. The molecule has 0 spiro atoms. The maximum atomic E-state index is 11.7. The van der Waals surface area contributed by atoms with Crippen LogP contribution in [0.15, 0.2) is 36.4 Å². The second-order valence-electron chi connectivity index (χ2n) is 7.72. The molecular weight excluding hydrogens is 340 g/mol. The van der Waals surface area contributed by atoms with Crippen molar-refractivity contribution < 1.29 is 9.53 Å².